The Kier molecular flexibility index (Phi) is 3.13. The standard InChI is InChI=1S/C15H26NO2/c1-11(17)18-15-12-5-7-13(15)14(8-6-12)16(2)9-3-4-10-16/h12-15H,3-10H2,1-2H3/q+1/t12-,13-,14-,15-/m1/s1. The maximum Gasteiger partial charge on any atom is 0.302 e. The predicted molar refractivity (Wildman–Crippen MR) is 69.9 cm³/mol. The van der Waals surface area contributed by atoms with Gasteiger partial charge in [-0.15, -0.1) is 0 Å². The Balaban J connectivity index is 1.78. The smallest absolute Gasteiger partial charge is 0.302 e. The van der Waals surface area contributed by atoms with Crippen LogP contribution in [0.15, 0.2) is 0 Å². The fourth-order valence-electron chi connectivity index (χ4n) is 4.94. The van der Waals surface area contributed by atoms with Gasteiger partial charge in [0.2, 0.25) is 0 Å². The molecule has 0 amide bonds. The lowest BCUT2D eigenvalue weighted by atomic mass is 9.80. The molecular formula is C15H26NO2+. The van der Waals surface area contributed by atoms with Crippen LogP contribution in [0.25, 0.3) is 0 Å². The molecule has 2 saturated carbocycles. The summed E-state index contributed by atoms with van der Waals surface area (Å²) in [6, 6.07) is 0.746. The molecule has 0 N–H and O–H groups in total. The predicted octanol–water partition coefficient (Wildman–Crippen LogP) is 2.35. The number of carbonyl (C=O) groups excluding carboxylic acids is 1. The fraction of sp³-hybridized carbons (Fsp3) is 0.933. The maximum absolute atomic E-state index is 11.3. The van der Waals surface area contributed by atoms with Gasteiger partial charge in [0.15, 0.2) is 0 Å². The quantitative estimate of drug-likeness (QED) is 0.557. The van der Waals surface area contributed by atoms with Crippen LogP contribution in [0.1, 0.15) is 45.4 Å². The van der Waals surface area contributed by atoms with Crippen molar-refractivity contribution in [3.05, 3.63) is 0 Å². The average molecular weight is 252 g/mol. The third-order valence-corrected chi connectivity index (χ3v) is 5.78. The molecule has 3 aliphatic rings. The van der Waals surface area contributed by atoms with Crippen LogP contribution in [-0.2, 0) is 9.53 Å². The van der Waals surface area contributed by atoms with Crippen molar-refractivity contribution in [2.24, 2.45) is 11.8 Å². The van der Waals surface area contributed by atoms with E-state index in [1.807, 2.05) is 0 Å². The summed E-state index contributed by atoms with van der Waals surface area (Å²) in [6.45, 7) is 4.23. The zero-order valence-corrected chi connectivity index (χ0v) is 11.7. The second-order valence-electron chi connectivity index (χ2n) is 6.85. The van der Waals surface area contributed by atoms with Gasteiger partial charge in [0.05, 0.1) is 26.2 Å². The van der Waals surface area contributed by atoms with E-state index in [4.69, 9.17) is 4.74 Å². The summed E-state index contributed by atoms with van der Waals surface area (Å²) in [5.41, 5.74) is 0. The Morgan fingerprint density at radius 1 is 1.11 bits per heavy atom. The van der Waals surface area contributed by atoms with Gasteiger partial charge >= 0.3 is 5.97 Å². The number of rotatable bonds is 2. The highest BCUT2D eigenvalue weighted by Gasteiger charge is 2.53. The van der Waals surface area contributed by atoms with Crippen molar-refractivity contribution in [3.63, 3.8) is 0 Å². The molecule has 3 fully saturated rings. The molecule has 0 radical (unpaired) electrons. The lowest BCUT2D eigenvalue weighted by molar-refractivity contribution is -0.927. The topological polar surface area (TPSA) is 26.3 Å². The number of likely N-dealkylation sites (tertiary alicyclic amines) is 1. The molecule has 2 bridgehead atoms. The first-order valence-corrected chi connectivity index (χ1v) is 7.61. The number of hydrogen-bond donors (Lipinski definition) is 0. The molecule has 0 aromatic rings. The highest BCUT2D eigenvalue weighted by molar-refractivity contribution is 5.66. The van der Waals surface area contributed by atoms with Crippen LogP contribution in [0.5, 0.6) is 0 Å². The van der Waals surface area contributed by atoms with E-state index in [1.165, 1.54) is 56.1 Å². The summed E-state index contributed by atoms with van der Waals surface area (Å²) in [4.78, 5) is 11.3. The van der Waals surface area contributed by atoms with E-state index in [1.54, 1.807) is 6.92 Å². The maximum atomic E-state index is 11.3. The molecule has 1 saturated heterocycles. The molecule has 2 aliphatic carbocycles. The van der Waals surface area contributed by atoms with Gasteiger partial charge in [0.1, 0.15) is 6.10 Å². The Hall–Kier alpha value is -0.570. The van der Waals surface area contributed by atoms with Gasteiger partial charge in [-0.1, -0.05) is 0 Å². The Bertz CT molecular complexity index is 335. The molecule has 4 atom stereocenters. The Morgan fingerprint density at radius 3 is 2.44 bits per heavy atom. The van der Waals surface area contributed by atoms with Crippen LogP contribution in [0, 0.1) is 11.8 Å². The van der Waals surface area contributed by atoms with Crippen molar-refractivity contribution in [1.29, 1.82) is 0 Å². The van der Waals surface area contributed by atoms with Crippen LogP contribution in [0.4, 0.5) is 0 Å². The van der Waals surface area contributed by atoms with Crippen molar-refractivity contribution in [1.82, 2.24) is 0 Å². The molecular weight excluding hydrogens is 226 g/mol. The van der Waals surface area contributed by atoms with E-state index in [9.17, 15) is 4.79 Å². The molecule has 3 nitrogen and oxygen atoms in total. The molecule has 0 aromatic carbocycles. The largest absolute Gasteiger partial charge is 0.462 e. The van der Waals surface area contributed by atoms with Crippen LogP contribution >= 0.6 is 0 Å². The normalized spacial score (nSPS) is 41.9. The van der Waals surface area contributed by atoms with Crippen molar-refractivity contribution < 1.29 is 14.0 Å². The van der Waals surface area contributed by atoms with Crippen molar-refractivity contribution in [2.75, 3.05) is 20.1 Å². The summed E-state index contributed by atoms with van der Waals surface area (Å²) in [6.07, 6.45) is 8.16. The third kappa shape index (κ3) is 1.97. The monoisotopic (exact) mass is 252 g/mol. The van der Waals surface area contributed by atoms with E-state index in [0.29, 0.717) is 11.8 Å². The highest BCUT2D eigenvalue weighted by Crippen LogP contribution is 2.48. The first-order chi connectivity index (χ1) is 8.60. The molecule has 1 aliphatic heterocycles. The second-order valence-corrected chi connectivity index (χ2v) is 6.85. The van der Waals surface area contributed by atoms with E-state index in [0.717, 1.165) is 6.04 Å². The van der Waals surface area contributed by atoms with Crippen molar-refractivity contribution >= 4 is 5.97 Å². The minimum atomic E-state index is -0.0818. The minimum absolute atomic E-state index is 0.0818. The molecule has 0 aromatic heterocycles. The molecule has 0 unspecified atom stereocenters. The Morgan fingerprint density at radius 2 is 1.78 bits per heavy atom. The van der Waals surface area contributed by atoms with Gasteiger partial charge < -0.3 is 9.22 Å². The van der Waals surface area contributed by atoms with Crippen LogP contribution < -0.4 is 0 Å². The average Bonchev–Trinajstić information content (AvgIpc) is 2.83. The van der Waals surface area contributed by atoms with Crippen LogP contribution in [-0.4, -0.2) is 42.7 Å². The third-order valence-electron chi connectivity index (χ3n) is 5.78. The minimum Gasteiger partial charge on any atom is -0.462 e. The number of carbonyl (C=O) groups is 1. The zero-order chi connectivity index (χ0) is 12.8. The van der Waals surface area contributed by atoms with Gasteiger partial charge in [-0.3, -0.25) is 4.79 Å². The van der Waals surface area contributed by atoms with Crippen LogP contribution in [0.3, 0.4) is 0 Å². The summed E-state index contributed by atoms with van der Waals surface area (Å²) >= 11 is 0. The number of hydrogen-bond acceptors (Lipinski definition) is 2. The van der Waals surface area contributed by atoms with Crippen LogP contribution in [0.2, 0.25) is 0 Å². The summed E-state index contributed by atoms with van der Waals surface area (Å²) < 4.78 is 6.91. The molecule has 18 heavy (non-hydrogen) atoms. The Labute approximate surface area is 110 Å². The number of ether oxygens (including phenoxy) is 1. The number of quaternary nitrogens is 1. The van der Waals surface area contributed by atoms with Crippen molar-refractivity contribution in [3.8, 4) is 0 Å². The van der Waals surface area contributed by atoms with Gasteiger partial charge in [0, 0.05) is 32.1 Å². The van der Waals surface area contributed by atoms with E-state index >= 15 is 0 Å². The lowest BCUT2D eigenvalue weighted by Gasteiger charge is -2.45. The van der Waals surface area contributed by atoms with Gasteiger partial charge in [-0.2, -0.15) is 0 Å². The molecule has 3 rings (SSSR count). The summed E-state index contributed by atoms with van der Waals surface area (Å²) in [5.74, 6) is 1.21. The molecule has 102 valence electrons. The van der Waals surface area contributed by atoms with Gasteiger partial charge in [-0.25, -0.2) is 0 Å². The summed E-state index contributed by atoms with van der Waals surface area (Å²) in [5, 5.41) is 0. The number of fused-ring (bicyclic) bond motifs is 2. The van der Waals surface area contributed by atoms with E-state index < -0.39 is 0 Å². The molecule has 1 heterocycles. The molecule has 3 heteroatoms. The SMILES string of the molecule is CC(=O)O[C@@H]1[C@@H]2CC[C@@H]1[C@H]([N+]1(C)CCCC1)CC2. The number of nitrogens with zero attached hydrogens (tertiary/aromatic N) is 1. The molecule has 0 spiro atoms. The van der Waals surface area contributed by atoms with Gasteiger partial charge in [-0.05, 0) is 25.2 Å². The fourth-order valence-corrected chi connectivity index (χ4v) is 4.94. The first-order valence-electron chi connectivity index (χ1n) is 7.61. The zero-order valence-electron chi connectivity index (χ0n) is 11.7. The van der Waals surface area contributed by atoms with Gasteiger partial charge in [0.25, 0.3) is 0 Å². The second kappa shape index (κ2) is 4.52. The van der Waals surface area contributed by atoms with Crippen molar-refractivity contribution in [2.45, 2.75) is 57.6 Å². The summed E-state index contributed by atoms with van der Waals surface area (Å²) in [7, 11) is 2.43. The first kappa shape index (κ1) is 12.5. The number of esters is 1. The lowest BCUT2D eigenvalue weighted by Crippen LogP contribution is -2.57. The van der Waals surface area contributed by atoms with E-state index in [-0.39, 0.29) is 12.1 Å². The van der Waals surface area contributed by atoms with E-state index in [2.05, 4.69) is 7.05 Å². The highest BCUT2D eigenvalue weighted by atomic mass is 16.5.